The van der Waals surface area contributed by atoms with Crippen LogP contribution in [0.3, 0.4) is 0 Å². The van der Waals surface area contributed by atoms with Crippen LogP contribution in [0.5, 0.6) is 0 Å². The van der Waals surface area contributed by atoms with Crippen molar-refractivity contribution < 1.29 is 8.78 Å². The highest BCUT2D eigenvalue weighted by Gasteiger charge is 2.14. The molecule has 0 unspecified atom stereocenters. The molecule has 2 nitrogen and oxygen atoms in total. The minimum Gasteiger partial charge on any atom is -0.225 e. The van der Waals surface area contributed by atoms with Gasteiger partial charge in [-0.1, -0.05) is 11.6 Å². The predicted octanol–water partition coefficient (Wildman–Crippen LogP) is 5.30. The Bertz CT molecular complexity index is 848. The number of aryl methyl sites for hydroxylation is 1. The van der Waals surface area contributed by atoms with Gasteiger partial charge in [-0.25, -0.2) is 18.7 Å². The third kappa shape index (κ3) is 2.63. The zero-order valence-electron chi connectivity index (χ0n) is 10.8. The van der Waals surface area contributed by atoms with E-state index in [9.17, 15) is 8.78 Å². The molecule has 0 aliphatic rings. The van der Waals surface area contributed by atoms with E-state index in [0.29, 0.717) is 15.4 Å². The molecule has 0 saturated heterocycles. The zero-order valence-corrected chi connectivity index (χ0v) is 13.1. The minimum atomic E-state index is -0.508. The van der Waals surface area contributed by atoms with Crippen molar-refractivity contribution in [1.29, 1.82) is 0 Å². The molecule has 1 aromatic heterocycles. The quantitative estimate of drug-likeness (QED) is 0.544. The number of fused-ring (bicyclic) bond motifs is 1. The van der Waals surface area contributed by atoms with Crippen LogP contribution in [0.15, 0.2) is 34.8 Å². The van der Waals surface area contributed by atoms with Gasteiger partial charge in [0.25, 0.3) is 0 Å². The first-order valence-corrected chi connectivity index (χ1v) is 7.21. The lowest BCUT2D eigenvalue weighted by Gasteiger charge is -2.08. The van der Waals surface area contributed by atoms with Crippen LogP contribution in [0.4, 0.5) is 8.78 Å². The van der Waals surface area contributed by atoms with Crippen molar-refractivity contribution in [2.75, 3.05) is 0 Å². The summed E-state index contributed by atoms with van der Waals surface area (Å²) in [6, 6.07) is 7.23. The zero-order chi connectivity index (χ0) is 15.1. The predicted molar refractivity (Wildman–Crippen MR) is 82.3 cm³/mol. The van der Waals surface area contributed by atoms with Crippen molar-refractivity contribution in [3.63, 3.8) is 0 Å². The Kier molecular flexibility index (Phi) is 3.63. The Morgan fingerprint density at radius 2 is 1.86 bits per heavy atom. The highest BCUT2D eigenvalue weighted by atomic mass is 79.9. The van der Waals surface area contributed by atoms with Crippen LogP contribution in [0.2, 0.25) is 5.15 Å². The SMILES string of the molecule is Cc1cc(F)cc(-c2nc(Cl)c3c(Br)ccc(F)c3n2)c1. The molecule has 106 valence electrons. The normalized spacial score (nSPS) is 11.1. The Labute approximate surface area is 132 Å². The van der Waals surface area contributed by atoms with Gasteiger partial charge in [-0.2, -0.15) is 0 Å². The highest BCUT2D eigenvalue weighted by molar-refractivity contribution is 9.10. The van der Waals surface area contributed by atoms with Gasteiger partial charge in [-0.05, 0) is 58.7 Å². The summed E-state index contributed by atoms with van der Waals surface area (Å²) in [4.78, 5) is 8.33. The molecule has 0 aliphatic heterocycles. The summed E-state index contributed by atoms with van der Waals surface area (Å²) < 4.78 is 28.1. The fourth-order valence-electron chi connectivity index (χ4n) is 2.12. The number of benzene rings is 2. The van der Waals surface area contributed by atoms with E-state index in [1.165, 1.54) is 18.2 Å². The van der Waals surface area contributed by atoms with E-state index in [1.807, 2.05) is 0 Å². The average molecular weight is 370 g/mol. The van der Waals surface area contributed by atoms with E-state index in [2.05, 4.69) is 25.9 Å². The second kappa shape index (κ2) is 5.31. The van der Waals surface area contributed by atoms with E-state index < -0.39 is 11.6 Å². The number of hydrogen-bond donors (Lipinski definition) is 0. The second-order valence-corrected chi connectivity index (χ2v) is 5.82. The smallest absolute Gasteiger partial charge is 0.161 e. The number of rotatable bonds is 1. The summed E-state index contributed by atoms with van der Waals surface area (Å²) in [5.41, 5.74) is 1.27. The lowest BCUT2D eigenvalue weighted by atomic mass is 10.1. The molecule has 0 radical (unpaired) electrons. The molecule has 2 aromatic carbocycles. The average Bonchev–Trinajstić information content (AvgIpc) is 2.41. The van der Waals surface area contributed by atoms with Crippen molar-refractivity contribution >= 4 is 38.4 Å². The fourth-order valence-corrected chi connectivity index (χ4v) is 3.01. The van der Waals surface area contributed by atoms with Gasteiger partial charge < -0.3 is 0 Å². The van der Waals surface area contributed by atoms with Crippen molar-refractivity contribution in [2.45, 2.75) is 6.92 Å². The largest absolute Gasteiger partial charge is 0.225 e. The molecule has 3 aromatic rings. The van der Waals surface area contributed by atoms with E-state index >= 15 is 0 Å². The summed E-state index contributed by atoms with van der Waals surface area (Å²) in [5, 5.41) is 0.511. The molecule has 0 spiro atoms. The van der Waals surface area contributed by atoms with Gasteiger partial charge >= 0.3 is 0 Å². The minimum absolute atomic E-state index is 0.0984. The Morgan fingerprint density at radius 1 is 1.10 bits per heavy atom. The summed E-state index contributed by atoms with van der Waals surface area (Å²) in [5.74, 6) is -0.724. The van der Waals surface area contributed by atoms with Crippen LogP contribution in [-0.4, -0.2) is 9.97 Å². The Balaban J connectivity index is 2.32. The van der Waals surface area contributed by atoms with Crippen molar-refractivity contribution in [3.05, 3.63) is 57.2 Å². The third-order valence-electron chi connectivity index (χ3n) is 3.01. The second-order valence-electron chi connectivity index (χ2n) is 4.61. The standard InChI is InChI=1S/C15H8BrClF2N2/c1-7-4-8(6-9(18)5-7)15-20-13-11(19)3-2-10(16)12(13)14(17)21-15/h2-6H,1H3. The summed E-state index contributed by atoms with van der Waals surface area (Å²) in [7, 11) is 0. The number of halogens is 4. The molecule has 0 atom stereocenters. The maximum atomic E-state index is 14.0. The van der Waals surface area contributed by atoms with Gasteiger partial charge in [0.2, 0.25) is 0 Å². The number of nitrogens with zero attached hydrogens (tertiary/aromatic N) is 2. The maximum absolute atomic E-state index is 14.0. The van der Waals surface area contributed by atoms with Crippen LogP contribution in [0.1, 0.15) is 5.56 Å². The van der Waals surface area contributed by atoms with E-state index in [1.54, 1.807) is 19.1 Å². The molecule has 1 heterocycles. The topological polar surface area (TPSA) is 25.8 Å². The van der Waals surface area contributed by atoms with Crippen LogP contribution in [0.25, 0.3) is 22.3 Å². The van der Waals surface area contributed by atoms with Gasteiger partial charge in [0.15, 0.2) is 5.82 Å². The molecule has 0 bridgehead atoms. The maximum Gasteiger partial charge on any atom is 0.161 e. The molecule has 21 heavy (non-hydrogen) atoms. The van der Waals surface area contributed by atoms with Gasteiger partial charge in [0.1, 0.15) is 22.3 Å². The summed E-state index contributed by atoms with van der Waals surface area (Å²) in [6.07, 6.45) is 0. The third-order valence-corrected chi connectivity index (χ3v) is 3.94. The van der Waals surface area contributed by atoms with Crippen LogP contribution in [0, 0.1) is 18.6 Å². The van der Waals surface area contributed by atoms with E-state index in [0.717, 1.165) is 5.56 Å². The van der Waals surface area contributed by atoms with Crippen LogP contribution >= 0.6 is 27.5 Å². The van der Waals surface area contributed by atoms with E-state index in [4.69, 9.17) is 11.6 Å². The Morgan fingerprint density at radius 3 is 2.57 bits per heavy atom. The fraction of sp³-hybridized carbons (Fsp3) is 0.0667. The molecular weight excluding hydrogens is 362 g/mol. The lowest BCUT2D eigenvalue weighted by molar-refractivity contribution is 0.627. The molecule has 6 heteroatoms. The first-order chi connectivity index (χ1) is 9.95. The lowest BCUT2D eigenvalue weighted by Crippen LogP contribution is -1.96. The van der Waals surface area contributed by atoms with Crippen LogP contribution in [-0.2, 0) is 0 Å². The molecular formula is C15H8BrClF2N2. The molecule has 0 amide bonds. The Hall–Kier alpha value is -1.59. The molecule has 0 aliphatic carbocycles. The van der Waals surface area contributed by atoms with Crippen molar-refractivity contribution in [1.82, 2.24) is 9.97 Å². The van der Waals surface area contributed by atoms with Crippen molar-refractivity contribution in [3.8, 4) is 11.4 Å². The van der Waals surface area contributed by atoms with Gasteiger partial charge in [0.05, 0.1) is 5.39 Å². The summed E-state index contributed by atoms with van der Waals surface area (Å²) in [6.45, 7) is 1.76. The first kappa shape index (κ1) is 14.4. The van der Waals surface area contributed by atoms with Crippen LogP contribution < -0.4 is 0 Å². The molecule has 3 rings (SSSR count). The monoisotopic (exact) mass is 368 g/mol. The first-order valence-electron chi connectivity index (χ1n) is 6.04. The van der Waals surface area contributed by atoms with Gasteiger partial charge in [0, 0.05) is 10.0 Å². The van der Waals surface area contributed by atoms with Crippen molar-refractivity contribution in [2.24, 2.45) is 0 Å². The van der Waals surface area contributed by atoms with Gasteiger partial charge in [-0.3, -0.25) is 0 Å². The highest BCUT2D eigenvalue weighted by Crippen LogP contribution is 2.32. The molecule has 0 saturated carbocycles. The van der Waals surface area contributed by atoms with Gasteiger partial charge in [-0.15, -0.1) is 0 Å². The molecule has 0 N–H and O–H groups in total. The molecule has 0 fully saturated rings. The number of aromatic nitrogens is 2. The summed E-state index contributed by atoms with van der Waals surface area (Å²) >= 11 is 9.42. The van der Waals surface area contributed by atoms with E-state index in [-0.39, 0.29) is 16.5 Å². The number of hydrogen-bond acceptors (Lipinski definition) is 2.